The number of sulfonamides is 1. The fourth-order valence-electron chi connectivity index (χ4n) is 4.08. The highest BCUT2D eigenvalue weighted by atomic mass is 32.2. The van der Waals surface area contributed by atoms with E-state index in [-0.39, 0.29) is 42.0 Å². The standard InChI is InChI=1S/C20H21N4O7S/c1-21(26)18-12-16(24(27)28)6-7-19(18)32(29,30)22-10-8-15(9-11-22)23-17-5-3-2-4-14(17)13-31-20(23)25/h2-7,12,15H,8-11,13H2,1H3/q-1. The summed E-state index contributed by atoms with van der Waals surface area (Å²) in [6.45, 7) is 0.445. The monoisotopic (exact) mass is 461 g/mol. The number of fused-ring (bicyclic) bond motifs is 1. The summed E-state index contributed by atoms with van der Waals surface area (Å²) in [5, 5.41) is 23.3. The van der Waals surface area contributed by atoms with Gasteiger partial charge in [-0.2, -0.15) is 4.31 Å². The number of carbonyl (C=O) groups excluding carboxylic acids is 1. The Morgan fingerprint density at radius 1 is 1.16 bits per heavy atom. The number of hydrogen-bond acceptors (Lipinski definition) is 8. The van der Waals surface area contributed by atoms with Gasteiger partial charge in [0.25, 0.3) is 5.69 Å². The number of hydrogen-bond donors (Lipinski definition) is 0. The first-order valence-corrected chi connectivity index (χ1v) is 11.4. The van der Waals surface area contributed by atoms with E-state index in [2.05, 4.69) is 0 Å². The highest BCUT2D eigenvalue weighted by Gasteiger charge is 2.37. The molecule has 2 aliphatic rings. The predicted octanol–water partition coefficient (Wildman–Crippen LogP) is 2.84. The van der Waals surface area contributed by atoms with Crippen LogP contribution >= 0.6 is 0 Å². The maximum absolute atomic E-state index is 13.2. The molecule has 1 saturated heterocycles. The number of nitrogens with zero attached hydrogens (tertiary/aromatic N) is 4. The molecule has 0 atom stereocenters. The van der Waals surface area contributed by atoms with E-state index < -0.39 is 21.0 Å². The van der Waals surface area contributed by atoms with E-state index >= 15 is 0 Å². The summed E-state index contributed by atoms with van der Waals surface area (Å²) in [6, 6.07) is 10.3. The molecule has 1 fully saturated rings. The Kier molecular flexibility index (Phi) is 5.75. The van der Waals surface area contributed by atoms with Crippen LogP contribution < -0.4 is 9.96 Å². The molecule has 2 aromatic carbocycles. The number of nitro groups is 1. The quantitative estimate of drug-likeness (QED) is 0.490. The molecule has 0 radical (unpaired) electrons. The van der Waals surface area contributed by atoms with Crippen molar-refractivity contribution in [3.8, 4) is 0 Å². The van der Waals surface area contributed by atoms with Gasteiger partial charge in [-0.25, -0.2) is 13.2 Å². The summed E-state index contributed by atoms with van der Waals surface area (Å²) < 4.78 is 33.0. The maximum atomic E-state index is 13.2. The molecule has 32 heavy (non-hydrogen) atoms. The smallest absolute Gasteiger partial charge is 0.414 e. The van der Waals surface area contributed by atoms with E-state index in [1.165, 1.54) is 4.31 Å². The first-order valence-electron chi connectivity index (χ1n) is 9.93. The van der Waals surface area contributed by atoms with Crippen molar-refractivity contribution in [3.05, 3.63) is 63.3 Å². The average Bonchev–Trinajstić information content (AvgIpc) is 2.78. The first-order chi connectivity index (χ1) is 15.2. The van der Waals surface area contributed by atoms with Gasteiger partial charge in [0.2, 0.25) is 10.0 Å². The Labute approximate surface area is 184 Å². The topological polar surface area (TPSA) is 136 Å². The Balaban J connectivity index is 1.56. The number of ether oxygens (including phenoxy) is 1. The number of rotatable bonds is 5. The van der Waals surface area contributed by atoms with Crippen LogP contribution in [0.1, 0.15) is 18.4 Å². The molecule has 12 heteroatoms. The third-order valence-corrected chi connectivity index (χ3v) is 7.64. The third-order valence-electron chi connectivity index (χ3n) is 5.70. The van der Waals surface area contributed by atoms with Gasteiger partial charge < -0.3 is 15.0 Å². The number of carbonyl (C=O) groups is 1. The third kappa shape index (κ3) is 3.87. The van der Waals surface area contributed by atoms with Crippen LogP contribution in [0.15, 0.2) is 47.4 Å². The molecule has 2 heterocycles. The molecular weight excluding hydrogens is 440 g/mol. The molecule has 0 aliphatic carbocycles. The lowest BCUT2D eigenvalue weighted by Crippen LogP contribution is -2.50. The molecule has 0 aromatic heterocycles. The van der Waals surface area contributed by atoms with Crippen molar-refractivity contribution in [2.24, 2.45) is 0 Å². The summed E-state index contributed by atoms with van der Waals surface area (Å²) in [5.74, 6) is 0. The Morgan fingerprint density at radius 2 is 1.84 bits per heavy atom. The van der Waals surface area contributed by atoms with Crippen molar-refractivity contribution in [2.45, 2.75) is 30.4 Å². The fraction of sp³-hybridized carbons (Fsp3) is 0.350. The number of non-ortho nitro benzene ring substituents is 1. The summed E-state index contributed by atoms with van der Waals surface area (Å²) in [5.41, 5.74) is 0.976. The van der Waals surface area contributed by atoms with Crippen molar-refractivity contribution < 1.29 is 22.9 Å². The zero-order valence-electron chi connectivity index (χ0n) is 17.2. The van der Waals surface area contributed by atoms with E-state index in [0.29, 0.717) is 17.9 Å². The lowest BCUT2D eigenvalue weighted by molar-refractivity contribution is -0.384. The molecule has 170 valence electrons. The van der Waals surface area contributed by atoms with Gasteiger partial charge in [-0.15, -0.1) is 0 Å². The van der Waals surface area contributed by atoms with Crippen molar-refractivity contribution in [1.29, 1.82) is 0 Å². The lowest BCUT2D eigenvalue weighted by Gasteiger charge is -2.40. The summed E-state index contributed by atoms with van der Waals surface area (Å²) in [6.07, 6.45) is 0.284. The molecular formula is C20H21N4O7S-. The maximum Gasteiger partial charge on any atom is 0.414 e. The van der Waals surface area contributed by atoms with Crippen LogP contribution in [-0.4, -0.2) is 49.9 Å². The summed E-state index contributed by atoms with van der Waals surface area (Å²) in [7, 11) is -2.99. The number of piperidine rings is 1. The molecule has 0 spiro atoms. The summed E-state index contributed by atoms with van der Waals surface area (Å²) in [4.78, 5) is 24.1. The van der Waals surface area contributed by atoms with Crippen molar-refractivity contribution >= 4 is 33.2 Å². The second-order valence-electron chi connectivity index (χ2n) is 7.60. The van der Waals surface area contributed by atoms with Gasteiger partial charge in [-0.3, -0.25) is 15.0 Å². The van der Waals surface area contributed by atoms with Crippen molar-refractivity contribution in [1.82, 2.24) is 4.31 Å². The van der Waals surface area contributed by atoms with Crippen LogP contribution in [-0.2, 0) is 21.4 Å². The summed E-state index contributed by atoms with van der Waals surface area (Å²) >= 11 is 0. The number of nitro benzene ring substituents is 1. The second kappa shape index (κ2) is 8.37. The minimum Gasteiger partial charge on any atom is -0.758 e. The molecule has 0 bridgehead atoms. The molecule has 2 aliphatic heterocycles. The van der Waals surface area contributed by atoms with Gasteiger partial charge in [-0.1, -0.05) is 18.2 Å². The van der Waals surface area contributed by atoms with E-state index in [1.807, 2.05) is 24.3 Å². The predicted molar refractivity (Wildman–Crippen MR) is 116 cm³/mol. The number of hydroxylamine groups is 1. The lowest BCUT2D eigenvalue weighted by atomic mass is 10.0. The van der Waals surface area contributed by atoms with E-state index in [9.17, 15) is 28.5 Å². The van der Waals surface area contributed by atoms with Crippen LogP contribution in [0.2, 0.25) is 0 Å². The number of anilines is 2. The number of amides is 1. The van der Waals surface area contributed by atoms with E-state index in [1.54, 1.807) is 4.90 Å². The fourth-order valence-corrected chi connectivity index (χ4v) is 5.75. The van der Waals surface area contributed by atoms with Crippen LogP contribution in [0.25, 0.3) is 0 Å². The van der Waals surface area contributed by atoms with Crippen LogP contribution in [0.5, 0.6) is 0 Å². The SMILES string of the molecule is CN([O-])c1cc([N+](=O)[O-])ccc1S(=O)(=O)N1CCC(N2C(=O)OCc3ccccc32)CC1. The molecule has 2 aromatic rings. The molecule has 0 saturated carbocycles. The van der Waals surface area contributed by atoms with Gasteiger partial charge in [0.15, 0.2) is 0 Å². The van der Waals surface area contributed by atoms with Gasteiger partial charge in [0.05, 0.1) is 16.3 Å². The van der Waals surface area contributed by atoms with E-state index in [0.717, 1.165) is 36.5 Å². The normalized spacial score (nSPS) is 17.6. The Morgan fingerprint density at radius 3 is 2.50 bits per heavy atom. The number of cyclic esters (lactones) is 1. The van der Waals surface area contributed by atoms with Gasteiger partial charge in [0, 0.05) is 36.8 Å². The Bertz CT molecular complexity index is 1160. The second-order valence-corrected chi connectivity index (χ2v) is 9.50. The number of benzene rings is 2. The van der Waals surface area contributed by atoms with Gasteiger partial charge in [-0.05, 0) is 32.0 Å². The first kappa shape index (κ1) is 22.0. The van der Waals surface area contributed by atoms with Crippen LogP contribution in [0, 0.1) is 15.3 Å². The van der Waals surface area contributed by atoms with Crippen LogP contribution in [0.3, 0.4) is 0 Å². The molecule has 0 unspecified atom stereocenters. The van der Waals surface area contributed by atoms with Crippen molar-refractivity contribution in [2.75, 3.05) is 30.1 Å². The largest absolute Gasteiger partial charge is 0.758 e. The average molecular weight is 461 g/mol. The van der Waals surface area contributed by atoms with Crippen LogP contribution in [0.4, 0.5) is 21.9 Å². The van der Waals surface area contributed by atoms with E-state index in [4.69, 9.17) is 4.74 Å². The zero-order chi connectivity index (χ0) is 23.0. The highest BCUT2D eigenvalue weighted by Crippen LogP contribution is 2.35. The van der Waals surface area contributed by atoms with Crippen molar-refractivity contribution in [3.63, 3.8) is 0 Å². The van der Waals surface area contributed by atoms with Gasteiger partial charge in [0.1, 0.15) is 11.5 Å². The number of para-hydroxylation sites is 1. The highest BCUT2D eigenvalue weighted by molar-refractivity contribution is 7.89. The molecule has 0 N–H and O–H groups in total. The Hall–Kier alpha value is -3.22. The van der Waals surface area contributed by atoms with Gasteiger partial charge >= 0.3 is 6.09 Å². The minimum absolute atomic E-state index is 0.123. The molecule has 1 amide bonds. The molecule has 11 nitrogen and oxygen atoms in total. The molecule has 4 rings (SSSR count). The zero-order valence-corrected chi connectivity index (χ0v) is 18.0. The minimum atomic E-state index is -4.07.